The zero-order chi connectivity index (χ0) is 24.0. The van der Waals surface area contributed by atoms with E-state index in [4.69, 9.17) is 14.7 Å². The number of hydrogen-bond acceptors (Lipinski definition) is 6. The fourth-order valence-corrected chi connectivity index (χ4v) is 4.58. The molecule has 1 aliphatic rings. The second-order valence-corrected chi connectivity index (χ2v) is 9.19. The molecule has 1 amide bonds. The molecule has 8 heteroatoms. The highest BCUT2D eigenvalue weighted by Gasteiger charge is 2.30. The predicted octanol–water partition coefficient (Wildman–Crippen LogP) is 4.69. The first kappa shape index (κ1) is 26.1. The Kier molecular flexibility index (Phi) is 11.3. The van der Waals surface area contributed by atoms with Gasteiger partial charge in [-0.15, -0.1) is 0 Å². The number of anilines is 1. The van der Waals surface area contributed by atoms with Crippen molar-refractivity contribution in [3.8, 4) is 5.95 Å². The first-order valence-electron chi connectivity index (χ1n) is 13.2. The van der Waals surface area contributed by atoms with Gasteiger partial charge < -0.3 is 15.4 Å². The monoisotopic (exact) mass is 470 g/mol. The van der Waals surface area contributed by atoms with Crippen molar-refractivity contribution in [2.75, 3.05) is 25.1 Å². The number of rotatable bonds is 15. The first-order chi connectivity index (χ1) is 16.7. The van der Waals surface area contributed by atoms with E-state index >= 15 is 0 Å². The lowest BCUT2D eigenvalue weighted by Crippen LogP contribution is -2.45. The molecule has 0 spiro atoms. The summed E-state index contributed by atoms with van der Waals surface area (Å²) in [6.07, 6.45) is 17.5. The average Bonchev–Trinajstić information content (AvgIpc) is 3.41. The molecule has 1 atom stereocenters. The van der Waals surface area contributed by atoms with Gasteiger partial charge in [0.15, 0.2) is 0 Å². The lowest BCUT2D eigenvalue weighted by Gasteiger charge is -2.30. The SMILES string of the molecule is CCCCCCc1cc(NC(C(=O)NCCCOCC)C2CCCCC2)nc(-n2ccnc2)n1. The van der Waals surface area contributed by atoms with Gasteiger partial charge in [-0.05, 0) is 44.9 Å². The minimum atomic E-state index is -0.300. The summed E-state index contributed by atoms with van der Waals surface area (Å²) in [7, 11) is 0. The van der Waals surface area contributed by atoms with Crippen molar-refractivity contribution in [3.63, 3.8) is 0 Å². The van der Waals surface area contributed by atoms with Crippen LogP contribution in [0.5, 0.6) is 0 Å². The summed E-state index contributed by atoms with van der Waals surface area (Å²) < 4.78 is 7.23. The Bertz CT molecular complexity index is 836. The minimum Gasteiger partial charge on any atom is -0.382 e. The normalized spacial score (nSPS) is 15.2. The van der Waals surface area contributed by atoms with Gasteiger partial charge in [-0.25, -0.2) is 9.97 Å². The molecule has 2 aromatic rings. The van der Waals surface area contributed by atoms with Gasteiger partial charge in [0.25, 0.3) is 0 Å². The van der Waals surface area contributed by atoms with Crippen LogP contribution in [0.2, 0.25) is 0 Å². The van der Waals surface area contributed by atoms with Crippen LogP contribution in [0.1, 0.15) is 83.7 Å². The van der Waals surface area contributed by atoms with Crippen LogP contribution in [0.4, 0.5) is 5.82 Å². The van der Waals surface area contributed by atoms with E-state index in [2.05, 4.69) is 22.5 Å². The molecule has 1 aliphatic carbocycles. The van der Waals surface area contributed by atoms with Crippen LogP contribution in [0, 0.1) is 5.92 Å². The topological polar surface area (TPSA) is 94.0 Å². The summed E-state index contributed by atoms with van der Waals surface area (Å²) >= 11 is 0. The molecule has 2 N–H and O–H groups in total. The van der Waals surface area contributed by atoms with Crippen LogP contribution in [0.15, 0.2) is 24.8 Å². The van der Waals surface area contributed by atoms with Gasteiger partial charge in [-0.2, -0.15) is 4.98 Å². The second-order valence-electron chi connectivity index (χ2n) is 9.19. The maximum atomic E-state index is 13.2. The van der Waals surface area contributed by atoms with Crippen LogP contribution in [0.25, 0.3) is 5.95 Å². The Labute approximate surface area is 204 Å². The van der Waals surface area contributed by atoms with Gasteiger partial charge >= 0.3 is 0 Å². The Hall–Kier alpha value is -2.48. The largest absolute Gasteiger partial charge is 0.382 e. The number of hydrogen-bond donors (Lipinski definition) is 2. The van der Waals surface area contributed by atoms with E-state index in [9.17, 15) is 4.79 Å². The lowest BCUT2D eigenvalue weighted by atomic mass is 9.83. The first-order valence-corrected chi connectivity index (χ1v) is 13.2. The van der Waals surface area contributed by atoms with Crippen molar-refractivity contribution in [3.05, 3.63) is 30.5 Å². The summed E-state index contributed by atoms with van der Waals surface area (Å²) in [6, 6.07) is 1.72. The molecule has 0 saturated heterocycles. The minimum absolute atomic E-state index is 0.0516. The number of carbonyl (C=O) groups is 1. The summed E-state index contributed by atoms with van der Waals surface area (Å²) in [5.74, 6) is 1.66. The number of imidazole rings is 1. The Morgan fingerprint density at radius 2 is 2.00 bits per heavy atom. The number of nitrogens with zero attached hydrogens (tertiary/aromatic N) is 4. The molecule has 2 heterocycles. The number of aromatic nitrogens is 4. The van der Waals surface area contributed by atoms with Crippen molar-refractivity contribution < 1.29 is 9.53 Å². The van der Waals surface area contributed by atoms with Crippen molar-refractivity contribution in [1.29, 1.82) is 0 Å². The van der Waals surface area contributed by atoms with Gasteiger partial charge in [0, 0.05) is 43.9 Å². The van der Waals surface area contributed by atoms with E-state index < -0.39 is 0 Å². The number of unbranched alkanes of at least 4 members (excludes halogenated alkanes) is 3. The van der Waals surface area contributed by atoms with Crippen LogP contribution < -0.4 is 10.6 Å². The molecular formula is C26H42N6O2. The van der Waals surface area contributed by atoms with E-state index in [1.54, 1.807) is 12.5 Å². The van der Waals surface area contributed by atoms with Crippen molar-refractivity contribution in [1.82, 2.24) is 24.8 Å². The van der Waals surface area contributed by atoms with Crippen molar-refractivity contribution in [2.24, 2.45) is 5.92 Å². The molecule has 1 unspecified atom stereocenters. The zero-order valence-corrected chi connectivity index (χ0v) is 21.0. The number of nitrogens with one attached hydrogen (secondary N) is 2. The van der Waals surface area contributed by atoms with E-state index in [-0.39, 0.29) is 11.9 Å². The Balaban J connectivity index is 1.75. The van der Waals surface area contributed by atoms with E-state index in [0.29, 0.717) is 37.4 Å². The number of amides is 1. The fourth-order valence-electron chi connectivity index (χ4n) is 4.58. The van der Waals surface area contributed by atoms with Gasteiger partial charge in [-0.1, -0.05) is 45.4 Å². The standard InChI is InChI=1S/C26H42N6O2/c1-3-5-6-10-14-22-19-23(31-26(29-22)32-17-16-27-20-32)30-24(21-12-8-7-9-13-21)25(33)28-15-11-18-34-4-2/h16-17,19-21,24H,3-15,18H2,1-2H3,(H,28,33)(H,29,30,31). The van der Waals surface area contributed by atoms with Gasteiger partial charge in [0.05, 0.1) is 0 Å². The third-order valence-corrected chi connectivity index (χ3v) is 6.47. The quantitative estimate of drug-likeness (QED) is 0.367. The highest BCUT2D eigenvalue weighted by Crippen LogP contribution is 2.28. The van der Waals surface area contributed by atoms with Crippen molar-refractivity contribution >= 4 is 11.7 Å². The molecule has 34 heavy (non-hydrogen) atoms. The van der Waals surface area contributed by atoms with E-state index in [0.717, 1.165) is 37.8 Å². The van der Waals surface area contributed by atoms with Crippen LogP contribution in [-0.2, 0) is 16.0 Å². The molecule has 0 aliphatic heterocycles. The molecule has 2 aromatic heterocycles. The van der Waals surface area contributed by atoms with Crippen LogP contribution in [0.3, 0.4) is 0 Å². The molecule has 3 rings (SSSR count). The van der Waals surface area contributed by atoms with Gasteiger partial charge in [-0.3, -0.25) is 9.36 Å². The summed E-state index contributed by atoms with van der Waals surface area (Å²) in [6.45, 7) is 6.20. The number of carbonyl (C=O) groups excluding carboxylic acids is 1. The maximum Gasteiger partial charge on any atom is 0.242 e. The highest BCUT2D eigenvalue weighted by atomic mass is 16.5. The van der Waals surface area contributed by atoms with Crippen LogP contribution >= 0.6 is 0 Å². The molecule has 0 aromatic carbocycles. The number of aryl methyl sites for hydroxylation is 1. The molecule has 188 valence electrons. The molecule has 0 radical (unpaired) electrons. The molecular weight excluding hydrogens is 428 g/mol. The summed E-state index contributed by atoms with van der Waals surface area (Å²) in [4.78, 5) is 26.9. The zero-order valence-electron chi connectivity index (χ0n) is 21.0. The second kappa shape index (κ2) is 14.7. The molecule has 8 nitrogen and oxygen atoms in total. The summed E-state index contributed by atoms with van der Waals surface area (Å²) in [5.41, 5.74) is 0.997. The highest BCUT2D eigenvalue weighted by molar-refractivity contribution is 5.84. The summed E-state index contributed by atoms with van der Waals surface area (Å²) in [5, 5.41) is 6.64. The van der Waals surface area contributed by atoms with E-state index in [1.807, 2.05) is 23.8 Å². The molecule has 0 bridgehead atoms. The Morgan fingerprint density at radius 3 is 2.74 bits per heavy atom. The third-order valence-electron chi connectivity index (χ3n) is 6.47. The predicted molar refractivity (Wildman–Crippen MR) is 135 cm³/mol. The molecule has 1 fully saturated rings. The smallest absolute Gasteiger partial charge is 0.242 e. The van der Waals surface area contributed by atoms with Crippen molar-refractivity contribution in [2.45, 2.75) is 90.5 Å². The van der Waals surface area contributed by atoms with E-state index in [1.165, 1.54) is 38.5 Å². The third kappa shape index (κ3) is 8.38. The fraction of sp³-hybridized carbons (Fsp3) is 0.692. The lowest BCUT2D eigenvalue weighted by molar-refractivity contribution is -0.123. The van der Waals surface area contributed by atoms with Gasteiger partial charge in [0.2, 0.25) is 11.9 Å². The van der Waals surface area contributed by atoms with Crippen LogP contribution in [-0.4, -0.2) is 51.2 Å². The number of ether oxygens (including phenoxy) is 1. The molecule has 1 saturated carbocycles. The maximum absolute atomic E-state index is 13.2. The Morgan fingerprint density at radius 1 is 1.15 bits per heavy atom. The average molecular weight is 471 g/mol. The van der Waals surface area contributed by atoms with Gasteiger partial charge in [0.1, 0.15) is 18.2 Å².